The zero-order valence-corrected chi connectivity index (χ0v) is 28.7. The molecule has 1 aliphatic carbocycles. The van der Waals surface area contributed by atoms with Gasteiger partial charge in [-0.3, -0.25) is 0 Å². The molecule has 0 fully saturated rings. The summed E-state index contributed by atoms with van der Waals surface area (Å²) in [4.78, 5) is 0. The van der Waals surface area contributed by atoms with Gasteiger partial charge < -0.3 is 0 Å². The summed E-state index contributed by atoms with van der Waals surface area (Å²) in [6.45, 7) is 4.76. The second-order valence-corrected chi connectivity index (χ2v) is 15.5. The van der Waals surface area contributed by atoms with Crippen LogP contribution in [-0.4, -0.2) is 0 Å². The predicted molar refractivity (Wildman–Crippen MR) is 218 cm³/mol. The number of hydrogen-bond donors (Lipinski definition) is 0. The molecule has 0 unspecified atom stereocenters. The van der Waals surface area contributed by atoms with Gasteiger partial charge in [-0.1, -0.05) is 153 Å². The highest BCUT2D eigenvalue weighted by Crippen LogP contribution is 2.53. The van der Waals surface area contributed by atoms with Crippen LogP contribution in [0.15, 0.2) is 158 Å². The van der Waals surface area contributed by atoms with Gasteiger partial charge in [-0.05, 0) is 106 Å². The van der Waals surface area contributed by atoms with Crippen LogP contribution in [0.4, 0.5) is 0 Å². The molecule has 234 valence electrons. The predicted octanol–water partition coefficient (Wildman–Crippen LogP) is 14.3. The molecular formula is C49H32S. The van der Waals surface area contributed by atoms with Crippen LogP contribution in [0.25, 0.3) is 96.6 Å². The van der Waals surface area contributed by atoms with Crippen LogP contribution in [0.5, 0.6) is 0 Å². The number of fused-ring (bicyclic) bond motifs is 5. The van der Waals surface area contributed by atoms with Gasteiger partial charge in [0.25, 0.3) is 0 Å². The molecule has 9 aromatic carbocycles. The second-order valence-electron chi connectivity index (χ2n) is 14.4. The zero-order chi connectivity index (χ0) is 33.1. The maximum absolute atomic E-state index is 2.47. The fourth-order valence-electron chi connectivity index (χ4n) is 9.20. The Morgan fingerprint density at radius 2 is 0.920 bits per heavy atom. The van der Waals surface area contributed by atoms with Crippen molar-refractivity contribution in [1.29, 1.82) is 0 Å². The fourth-order valence-corrected chi connectivity index (χ4v) is 10.3. The first-order valence-electron chi connectivity index (χ1n) is 17.5. The Morgan fingerprint density at radius 3 is 1.64 bits per heavy atom. The summed E-state index contributed by atoms with van der Waals surface area (Å²) in [5.74, 6) is 0. The minimum Gasteiger partial charge on any atom is -0.135 e. The standard InChI is InChI=1S/C49H32S/c1-49(2)41-22-11-13-30-27-40(39-21-12-23-42(49)48(39)45(30)41)47-37-19-7-5-17-35(37)46(36-18-6-8-20-38(36)47)34-16-4-3-14-31(34)29-25-26-33-32-15-9-10-24-43(32)50-44(33)28-29/h3-28H,1-2H3. The SMILES string of the molecule is CC1(C)c2cccc3cc(-c4c5ccccc5c(-c5ccccc5-c5ccc6c(c5)sc5ccccc56)c5ccccc45)c4cccc1c4c23. The average Bonchev–Trinajstić information content (AvgIpc) is 3.65. The van der Waals surface area contributed by atoms with E-state index >= 15 is 0 Å². The number of hydrogen-bond acceptors (Lipinski definition) is 1. The monoisotopic (exact) mass is 652 g/mol. The average molecular weight is 653 g/mol. The molecule has 1 heterocycles. The van der Waals surface area contributed by atoms with Gasteiger partial charge in [-0.2, -0.15) is 0 Å². The van der Waals surface area contributed by atoms with E-state index in [9.17, 15) is 0 Å². The Morgan fingerprint density at radius 1 is 0.380 bits per heavy atom. The van der Waals surface area contributed by atoms with Gasteiger partial charge in [-0.25, -0.2) is 0 Å². The van der Waals surface area contributed by atoms with E-state index in [0.29, 0.717) is 0 Å². The number of thiophene rings is 1. The van der Waals surface area contributed by atoms with Crippen molar-refractivity contribution in [1.82, 2.24) is 0 Å². The van der Waals surface area contributed by atoms with Crippen molar-refractivity contribution in [2.45, 2.75) is 19.3 Å². The third kappa shape index (κ3) is 3.71. The topological polar surface area (TPSA) is 0 Å². The van der Waals surface area contributed by atoms with Crippen LogP contribution in [-0.2, 0) is 5.41 Å². The molecule has 0 spiro atoms. The van der Waals surface area contributed by atoms with E-state index in [1.54, 1.807) is 0 Å². The van der Waals surface area contributed by atoms with Crippen molar-refractivity contribution in [3.8, 4) is 33.4 Å². The summed E-state index contributed by atoms with van der Waals surface area (Å²) in [7, 11) is 0. The highest BCUT2D eigenvalue weighted by Gasteiger charge is 2.34. The van der Waals surface area contributed by atoms with Gasteiger partial charge >= 0.3 is 0 Å². The van der Waals surface area contributed by atoms with Crippen molar-refractivity contribution in [2.75, 3.05) is 0 Å². The van der Waals surface area contributed by atoms with Crippen LogP contribution >= 0.6 is 11.3 Å². The highest BCUT2D eigenvalue weighted by molar-refractivity contribution is 7.25. The maximum Gasteiger partial charge on any atom is 0.0361 e. The quantitative estimate of drug-likeness (QED) is 0.132. The zero-order valence-electron chi connectivity index (χ0n) is 27.9. The summed E-state index contributed by atoms with van der Waals surface area (Å²) < 4.78 is 2.67. The molecule has 10 aromatic rings. The lowest BCUT2D eigenvalue weighted by Crippen LogP contribution is -2.14. The molecule has 1 aromatic heterocycles. The number of benzene rings is 9. The van der Waals surface area contributed by atoms with E-state index in [-0.39, 0.29) is 5.41 Å². The highest BCUT2D eigenvalue weighted by atomic mass is 32.1. The summed E-state index contributed by atoms with van der Waals surface area (Å²) in [6.07, 6.45) is 0. The summed E-state index contributed by atoms with van der Waals surface area (Å²) >= 11 is 1.88. The molecule has 1 aliphatic rings. The molecule has 50 heavy (non-hydrogen) atoms. The molecule has 0 atom stereocenters. The second kappa shape index (κ2) is 10.1. The molecule has 0 bridgehead atoms. The van der Waals surface area contributed by atoms with Gasteiger partial charge in [0, 0.05) is 25.6 Å². The van der Waals surface area contributed by atoms with Crippen LogP contribution in [0.2, 0.25) is 0 Å². The molecular weight excluding hydrogens is 621 g/mol. The Balaban J connectivity index is 1.23. The first kappa shape index (κ1) is 28.1. The van der Waals surface area contributed by atoms with Crippen LogP contribution < -0.4 is 0 Å². The minimum absolute atomic E-state index is 0.0312. The van der Waals surface area contributed by atoms with Gasteiger partial charge in [-0.15, -0.1) is 11.3 Å². The molecule has 0 radical (unpaired) electrons. The molecule has 0 amide bonds. The summed E-state index contributed by atoms with van der Waals surface area (Å²) in [5, 5.41) is 13.3. The first-order chi connectivity index (χ1) is 24.6. The van der Waals surface area contributed by atoms with Crippen molar-refractivity contribution >= 4 is 74.6 Å². The van der Waals surface area contributed by atoms with E-state index < -0.39 is 0 Å². The number of rotatable bonds is 3. The third-order valence-corrected chi connectivity index (χ3v) is 12.6. The smallest absolute Gasteiger partial charge is 0.0361 e. The van der Waals surface area contributed by atoms with Gasteiger partial charge in [0.1, 0.15) is 0 Å². The lowest BCUT2D eigenvalue weighted by atomic mass is 9.81. The fraction of sp³-hybridized carbons (Fsp3) is 0.0612. The molecule has 11 rings (SSSR count). The minimum atomic E-state index is -0.0312. The van der Waals surface area contributed by atoms with Gasteiger partial charge in [0.15, 0.2) is 0 Å². The molecule has 0 aliphatic heterocycles. The third-order valence-electron chi connectivity index (χ3n) is 11.4. The Bertz CT molecular complexity index is 3010. The van der Waals surface area contributed by atoms with Crippen molar-refractivity contribution in [3.05, 3.63) is 169 Å². The Hall–Kier alpha value is -5.76. The largest absolute Gasteiger partial charge is 0.135 e. The lowest BCUT2D eigenvalue weighted by Gasteiger charge is -2.22. The van der Waals surface area contributed by atoms with Crippen LogP contribution in [0, 0.1) is 0 Å². The van der Waals surface area contributed by atoms with Crippen molar-refractivity contribution in [2.24, 2.45) is 0 Å². The molecule has 1 heteroatoms. The molecule has 0 saturated heterocycles. The normalized spacial score (nSPS) is 13.6. The van der Waals surface area contributed by atoms with Crippen molar-refractivity contribution < 1.29 is 0 Å². The lowest BCUT2D eigenvalue weighted by molar-refractivity contribution is 0.663. The van der Waals surface area contributed by atoms with E-state index in [1.807, 2.05) is 11.3 Å². The molecule has 0 saturated carbocycles. The van der Waals surface area contributed by atoms with E-state index in [2.05, 4.69) is 172 Å². The Kier molecular flexibility index (Phi) is 5.70. The van der Waals surface area contributed by atoms with Gasteiger partial charge in [0.05, 0.1) is 0 Å². The summed E-state index contributed by atoms with van der Waals surface area (Å²) in [5.41, 5.74) is 10.5. The van der Waals surface area contributed by atoms with E-state index in [4.69, 9.17) is 0 Å². The maximum atomic E-state index is 2.47. The van der Waals surface area contributed by atoms with E-state index in [0.717, 1.165) is 0 Å². The van der Waals surface area contributed by atoms with E-state index in [1.165, 1.54) is 108 Å². The van der Waals surface area contributed by atoms with Crippen LogP contribution in [0.3, 0.4) is 0 Å². The first-order valence-corrected chi connectivity index (χ1v) is 18.3. The Labute approximate surface area is 294 Å². The summed E-state index contributed by atoms with van der Waals surface area (Å²) in [6, 6.07) is 59.3. The van der Waals surface area contributed by atoms with Crippen LogP contribution in [0.1, 0.15) is 25.0 Å². The van der Waals surface area contributed by atoms with Gasteiger partial charge in [0.2, 0.25) is 0 Å². The molecule has 0 nitrogen and oxygen atoms in total. The molecule has 0 N–H and O–H groups in total. The van der Waals surface area contributed by atoms with Crippen molar-refractivity contribution in [3.63, 3.8) is 0 Å².